The molecule has 0 saturated carbocycles. The third-order valence-corrected chi connectivity index (χ3v) is 3.94. The first kappa shape index (κ1) is 14.5. The highest BCUT2D eigenvalue weighted by molar-refractivity contribution is 7.91. The Bertz CT molecular complexity index is 514. The molecule has 0 spiro atoms. The van der Waals surface area contributed by atoms with E-state index >= 15 is 0 Å². The first-order valence-electron chi connectivity index (χ1n) is 5.40. The smallest absolute Gasteiger partial charge is 0.253 e. The zero-order valence-electron chi connectivity index (χ0n) is 9.80. The number of carbonyl (C=O) groups is 1. The monoisotopic (exact) mass is 272 g/mol. The van der Waals surface area contributed by atoms with E-state index in [1.165, 1.54) is 0 Å². The number of nitrogen functional groups attached to an aromatic ring is 1. The second-order valence-corrected chi connectivity index (χ2v) is 6.02. The Labute approximate surface area is 106 Å². The van der Waals surface area contributed by atoms with Gasteiger partial charge in [0.25, 0.3) is 5.91 Å². The maximum absolute atomic E-state index is 11.7. The van der Waals surface area contributed by atoms with Gasteiger partial charge in [0.1, 0.15) is 0 Å². The molecule has 1 rings (SSSR count). The van der Waals surface area contributed by atoms with E-state index in [9.17, 15) is 13.2 Å². The summed E-state index contributed by atoms with van der Waals surface area (Å²) in [6, 6.07) is 6.54. The average molecular weight is 272 g/mol. The van der Waals surface area contributed by atoms with Crippen molar-refractivity contribution in [1.82, 2.24) is 5.32 Å². The van der Waals surface area contributed by atoms with Crippen molar-refractivity contribution < 1.29 is 18.3 Å². The molecule has 0 aliphatic carbocycles. The van der Waals surface area contributed by atoms with Crippen LogP contribution in [-0.2, 0) is 9.84 Å². The number of amides is 1. The molecule has 0 atom stereocenters. The number of sulfone groups is 1. The zero-order valence-corrected chi connectivity index (χ0v) is 10.6. The molecular formula is C11H16N2O4S. The lowest BCUT2D eigenvalue weighted by Gasteiger charge is -2.07. The van der Waals surface area contributed by atoms with Crippen molar-refractivity contribution in [2.24, 2.45) is 0 Å². The molecule has 0 bridgehead atoms. The number of rotatable bonds is 6. The van der Waals surface area contributed by atoms with Gasteiger partial charge in [0.15, 0.2) is 9.84 Å². The van der Waals surface area contributed by atoms with E-state index in [-0.39, 0.29) is 18.1 Å². The number of carbonyl (C=O) groups excluding carboxylic acids is 1. The third kappa shape index (κ3) is 4.34. The molecule has 6 nitrogen and oxygen atoms in total. The second kappa shape index (κ2) is 6.36. The maximum atomic E-state index is 11.7. The van der Waals surface area contributed by atoms with E-state index in [1.54, 1.807) is 24.3 Å². The first-order chi connectivity index (χ1) is 8.46. The van der Waals surface area contributed by atoms with Gasteiger partial charge < -0.3 is 16.2 Å². The standard InChI is InChI=1S/C11H16N2O4S/c12-10-4-2-1-3-9(10)11(15)13-5-7-18(16,17)8-6-14/h1-4,14H,5-8,12H2,(H,13,15). The fraction of sp³-hybridized carbons (Fsp3) is 0.364. The minimum absolute atomic E-state index is 0.00446. The average Bonchev–Trinajstić information content (AvgIpc) is 2.29. The van der Waals surface area contributed by atoms with Crippen molar-refractivity contribution in [2.75, 3.05) is 30.4 Å². The number of anilines is 1. The van der Waals surface area contributed by atoms with Gasteiger partial charge >= 0.3 is 0 Å². The van der Waals surface area contributed by atoms with Crippen LogP contribution in [0.2, 0.25) is 0 Å². The van der Waals surface area contributed by atoms with Crippen molar-refractivity contribution in [1.29, 1.82) is 0 Å². The van der Waals surface area contributed by atoms with Crippen LogP contribution in [0.1, 0.15) is 10.4 Å². The van der Waals surface area contributed by atoms with E-state index in [2.05, 4.69) is 5.32 Å². The number of hydrogen-bond acceptors (Lipinski definition) is 5. The van der Waals surface area contributed by atoms with Crippen molar-refractivity contribution in [2.45, 2.75) is 0 Å². The molecule has 0 fully saturated rings. The molecule has 7 heteroatoms. The molecule has 0 radical (unpaired) electrons. The van der Waals surface area contributed by atoms with Crippen LogP contribution in [0.15, 0.2) is 24.3 Å². The second-order valence-electron chi connectivity index (χ2n) is 3.72. The minimum Gasteiger partial charge on any atom is -0.398 e. The van der Waals surface area contributed by atoms with Gasteiger partial charge in [-0.05, 0) is 12.1 Å². The quantitative estimate of drug-likeness (QED) is 0.599. The van der Waals surface area contributed by atoms with Gasteiger partial charge in [-0.15, -0.1) is 0 Å². The van der Waals surface area contributed by atoms with Gasteiger partial charge in [-0.1, -0.05) is 12.1 Å². The number of aliphatic hydroxyl groups is 1. The molecular weight excluding hydrogens is 256 g/mol. The topological polar surface area (TPSA) is 109 Å². The highest BCUT2D eigenvalue weighted by Crippen LogP contribution is 2.09. The Balaban J connectivity index is 2.51. The van der Waals surface area contributed by atoms with Gasteiger partial charge in [0.2, 0.25) is 0 Å². The van der Waals surface area contributed by atoms with Crippen molar-refractivity contribution >= 4 is 21.4 Å². The van der Waals surface area contributed by atoms with Crippen LogP contribution in [0.5, 0.6) is 0 Å². The maximum Gasteiger partial charge on any atom is 0.253 e. The Morgan fingerprint density at radius 3 is 2.56 bits per heavy atom. The van der Waals surface area contributed by atoms with Gasteiger partial charge in [0.05, 0.1) is 23.7 Å². The molecule has 4 N–H and O–H groups in total. The van der Waals surface area contributed by atoms with Gasteiger partial charge in [0, 0.05) is 12.2 Å². The molecule has 0 aromatic heterocycles. The van der Waals surface area contributed by atoms with Crippen molar-refractivity contribution in [3.63, 3.8) is 0 Å². The Morgan fingerprint density at radius 2 is 1.94 bits per heavy atom. The molecule has 18 heavy (non-hydrogen) atoms. The molecule has 100 valence electrons. The Kier molecular flexibility index (Phi) is 5.11. The summed E-state index contributed by atoms with van der Waals surface area (Å²) in [6.07, 6.45) is 0. The minimum atomic E-state index is -3.32. The molecule has 0 heterocycles. The molecule has 0 aliphatic rings. The predicted molar refractivity (Wildman–Crippen MR) is 68.9 cm³/mol. The highest BCUT2D eigenvalue weighted by atomic mass is 32.2. The molecule has 1 aromatic carbocycles. The van der Waals surface area contributed by atoms with Crippen LogP contribution < -0.4 is 11.1 Å². The van der Waals surface area contributed by atoms with Gasteiger partial charge in [-0.3, -0.25) is 4.79 Å². The van der Waals surface area contributed by atoms with Crippen LogP contribution in [0.4, 0.5) is 5.69 Å². The molecule has 0 aliphatic heterocycles. The summed E-state index contributed by atoms with van der Waals surface area (Å²) in [5.74, 6) is -0.908. The van der Waals surface area contributed by atoms with E-state index in [4.69, 9.17) is 10.8 Å². The van der Waals surface area contributed by atoms with Crippen molar-refractivity contribution in [3.05, 3.63) is 29.8 Å². The Hall–Kier alpha value is -1.60. The molecule has 0 saturated heterocycles. The van der Waals surface area contributed by atoms with Crippen LogP contribution in [0.3, 0.4) is 0 Å². The number of benzene rings is 1. The SMILES string of the molecule is Nc1ccccc1C(=O)NCCS(=O)(=O)CCO. The van der Waals surface area contributed by atoms with Crippen LogP contribution in [-0.4, -0.2) is 44.1 Å². The van der Waals surface area contributed by atoms with Crippen LogP contribution >= 0.6 is 0 Å². The van der Waals surface area contributed by atoms with E-state index in [0.29, 0.717) is 11.3 Å². The third-order valence-electron chi connectivity index (χ3n) is 2.31. The summed E-state index contributed by atoms with van der Waals surface area (Å²) in [5, 5.41) is 11.0. The summed E-state index contributed by atoms with van der Waals surface area (Å²) in [5.41, 5.74) is 6.27. The van der Waals surface area contributed by atoms with E-state index < -0.39 is 22.4 Å². The van der Waals surface area contributed by atoms with Crippen LogP contribution in [0, 0.1) is 0 Å². The number of hydrogen-bond donors (Lipinski definition) is 3. The number of nitrogens with one attached hydrogen (secondary N) is 1. The summed E-state index contributed by atoms with van der Waals surface area (Å²) in [7, 11) is -3.32. The van der Waals surface area contributed by atoms with E-state index in [0.717, 1.165) is 0 Å². The first-order valence-corrected chi connectivity index (χ1v) is 7.22. The van der Waals surface area contributed by atoms with Crippen LogP contribution in [0.25, 0.3) is 0 Å². The molecule has 1 amide bonds. The highest BCUT2D eigenvalue weighted by Gasteiger charge is 2.12. The summed E-state index contributed by atoms with van der Waals surface area (Å²) in [6.45, 7) is -0.419. The lowest BCUT2D eigenvalue weighted by molar-refractivity contribution is 0.0957. The molecule has 0 unspecified atom stereocenters. The fourth-order valence-electron chi connectivity index (χ4n) is 1.36. The van der Waals surface area contributed by atoms with Gasteiger partial charge in [-0.25, -0.2) is 8.42 Å². The lowest BCUT2D eigenvalue weighted by atomic mass is 10.2. The Morgan fingerprint density at radius 1 is 1.28 bits per heavy atom. The summed E-state index contributed by atoms with van der Waals surface area (Å²) in [4.78, 5) is 11.7. The largest absolute Gasteiger partial charge is 0.398 e. The number of aliphatic hydroxyl groups excluding tert-OH is 1. The molecule has 1 aromatic rings. The predicted octanol–water partition coefficient (Wildman–Crippen LogP) is -0.594. The summed E-state index contributed by atoms with van der Waals surface area (Å²) >= 11 is 0. The van der Waals surface area contributed by atoms with Gasteiger partial charge in [-0.2, -0.15) is 0 Å². The number of para-hydroxylation sites is 1. The van der Waals surface area contributed by atoms with E-state index in [1.807, 2.05) is 0 Å². The summed E-state index contributed by atoms with van der Waals surface area (Å²) < 4.78 is 22.6. The van der Waals surface area contributed by atoms with Crippen molar-refractivity contribution in [3.8, 4) is 0 Å². The zero-order chi connectivity index (χ0) is 13.6. The number of nitrogens with two attached hydrogens (primary N) is 1. The normalized spacial score (nSPS) is 11.2. The fourth-order valence-corrected chi connectivity index (χ4v) is 2.26. The lowest BCUT2D eigenvalue weighted by Crippen LogP contribution is -2.30.